The molecule has 7 heteroatoms. The molecular formula is C20H17FN2O3S. The summed E-state index contributed by atoms with van der Waals surface area (Å²) in [6.45, 7) is -0.0266. The second kappa shape index (κ2) is 8.57. The number of rotatable bonds is 6. The molecule has 2 N–H and O–H groups in total. The highest BCUT2D eigenvalue weighted by molar-refractivity contribution is 7.17. The van der Waals surface area contributed by atoms with Gasteiger partial charge in [0.05, 0.1) is 4.88 Å². The van der Waals surface area contributed by atoms with Gasteiger partial charge in [-0.2, -0.15) is 0 Å². The Morgan fingerprint density at radius 3 is 2.30 bits per heavy atom. The van der Waals surface area contributed by atoms with E-state index in [0.717, 1.165) is 0 Å². The Morgan fingerprint density at radius 2 is 1.63 bits per heavy atom. The van der Waals surface area contributed by atoms with Crippen LogP contribution in [0.5, 0.6) is 0 Å². The molecule has 0 unspecified atom stereocenters. The van der Waals surface area contributed by atoms with Crippen molar-refractivity contribution in [3.05, 3.63) is 71.4 Å². The zero-order valence-electron chi connectivity index (χ0n) is 14.5. The monoisotopic (exact) mass is 384 g/mol. The summed E-state index contributed by atoms with van der Waals surface area (Å²) in [5.74, 6) is -0.857. The lowest BCUT2D eigenvalue weighted by molar-refractivity contribution is -0.119. The molecule has 0 atom stereocenters. The van der Waals surface area contributed by atoms with E-state index in [4.69, 9.17) is 4.74 Å². The first kappa shape index (κ1) is 18.8. The number of benzene rings is 2. The second-order valence-corrected chi connectivity index (χ2v) is 6.74. The van der Waals surface area contributed by atoms with Crippen LogP contribution in [0, 0.1) is 5.82 Å². The van der Waals surface area contributed by atoms with Gasteiger partial charge < -0.3 is 15.4 Å². The van der Waals surface area contributed by atoms with Crippen molar-refractivity contribution in [2.45, 2.75) is 0 Å². The Balaban J connectivity index is 1.66. The Bertz CT molecular complexity index is 954. The van der Waals surface area contributed by atoms with Crippen molar-refractivity contribution in [3.8, 4) is 10.4 Å². The van der Waals surface area contributed by atoms with Crippen LogP contribution >= 0.6 is 11.3 Å². The van der Waals surface area contributed by atoms with Gasteiger partial charge in [0.1, 0.15) is 12.4 Å². The average Bonchev–Trinajstić information content (AvgIpc) is 3.14. The highest BCUT2D eigenvalue weighted by atomic mass is 32.1. The summed E-state index contributed by atoms with van der Waals surface area (Å²) in [6, 6.07) is 16.6. The molecular weight excluding hydrogens is 367 g/mol. The smallest absolute Gasteiger partial charge is 0.265 e. The van der Waals surface area contributed by atoms with Gasteiger partial charge in [-0.3, -0.25) is 9.59 Å². The maximum absolute atomic E-state index is 13.9. The minimum absolute atomic E-state index is 0.0266. The highest BCUT2D eigenvalue weighted by Gasteiger charge is 2.13. The fourth-order valence-electron chi connectivity index (χ4n) is 2.42. The van der Waals surface area contributed by atoms with Crippen molar-refractivity contribution in [1.29, 1.82) is 0 Å². The molecule has 5 nitrogen and oxygen atoms in total. The van der Waals surface area contributed by atoms with Crippen molar-refractivity contribution in [2.75, 3.05) is 24.4 Å². The molecule has 0 saturated carbocycles. The average molecular weight is 384 g/mol. The third-order valence-corrected chi connectivity index (χ3v) is 4.79. The highest BCUT2D eigenvalue weighted by Crippen LogP contribution is 2.30. The standard InChI is InChI=1S/C20H17FN2O3S/c1-26-12-19(24)22-13-6-8-14(9-7-13)23-20(25)18-11-10-17(27-18)15-4-2-3-5-16(15)21/h2-11H,12H2,1H3,(H,22,24)(H,23,25). The Kier molecular flexibility index (Phi) is 5.95. The molecule has 3 aromatic rings. The van der Waals surface area contributed by atoms with Gasteiger partial charge in [0.25, 0.3) is 5.91 Å². The van der Waals surface area contributed by atoms with E-state index in [0.29, 0.717) is 26.7 Å². The van der Waals surface area contributed by atoms with Crippen molar-refractivity contribution in [2.24, 2.45) is 0 Å². The van der Waals surface area contributed by atoms with Crippen LogP contribution in [0.25, 0.3) is 10.4 Å². The maximum atomic E-state index is 13.9. The van der Waals surface area contributed by atoms with Gasteiger partial charge in [0, 0.05) is 28.9 Å². The topological polar surface area (TPSA) is 67.4 Å². The van der Waals surface area contributed by atoms with E-state index in [-0.39, 0.29) is 24.2 Å². The van der Waals surface area contributed by atoms with Gasteiger partial charge in [-0.1, -0.05) is 18.2 Å². The fourth-order valence-corrected chi connectivity index (χ4v) is 3.35. The normalized spacial score (nSPS) is 10.4. The van der Waals surface area contributed by atoms with Crippen LogP contribution in [0.2, 0.25) is 0 Å². The Hall–Kier alpha value is -3.03. The lowest BCUT2D eigenvalue weighted by Crippen LogP contribution is -2.17. The summed E-state index contributed by atoms with van der Waals surface area (Å²) < 4.78 is 18.6. The number of hydrogen-bond acceptors (Lipinski definition) is 4. The van der Waals surface area contributed by atoms with E-state index < -0.39 is 0 Å². The lowest BCUT2D eigenvalue weighted by Gasteiger charge is -2.07. The molecule has 2 amide bonds. The summed E-state index contributed by atoms with van der Waals surface area (Å²) in [4.78, 5) is 25.0. The molecule has 1 heterocycles. The zero-order chi connectivity index (χ0) is 19.2. The molecule has 0 saturated heterocycles. The summed E-state index contributed by atoms with van der Waals surface area (Å²) in [5, 5.41) is 5.46. The van der Waals surface area contributed by atoms with E-state index in [2.05, 4.69) is 10.6 Å². The van der Waals surface area contributed by atoms with Gasteiger partial charge in [0.2, 0.25) is 5.91 Å². The molecule has 1 aromatic heterocycles. The lowest BCUT2D eigenvalue weighted by atomic mass is 10.2. The van der Waals surface area contributed by atoms with Crippen molar-refractivity contribution < 1.29 is 18.7 Å². The SMILES string of the molecule is COCC(=O)Nc1ccc(NC(=O)c2ccc(-c3ccccc3F)s2)cc1. The summed E-state index contributed by atoms with van der Waals surface area (Å²) >= 11 is 1.22. The second-order valence-electron chi connectivity index (χ2n) is 5.66. The summed E-state index contributed by atoms with van der Waals surface area (Å²) in [5.41, 5.74) is 1.66. The number of carbonyl (C=O) groups is 2. The minimum atomic E-state index is -0.322. The van der Waals surface area contributed by atoms with Gasteiger partial charge >= 0.3 is 0 Å². The van der Waals surface area contributed by atoms with Crippen LogP contribution in [-0.2, 0) is 9.53 Å². The molecule has 2 aromatic carbocycles. The minimum Gasteiger partial charge on any atom is -0.375 e. The van der Waals surface area contributed by atoms with Gasteiger partial charge in [-0.15, -0.1) is 11.3 Å². The van der Waals surface area contributed by atoms with E-state index >= 15 is 0 Å². The number of halogens is 1. The largest absolute Gasteiger partial charge is 0.375 e. The molecule has 0 fully saturated rings. The van der Waals surface area contributed by atoms with Crippen LogP contribution in [-0.4, -0.2) is 25.5 Å². The first-order valence-corrected chi connectivity index (χ1v) is 8.93. The first-order chi connectivity index (χ1) is 13.1. The van der Waals surface area contributed by atoms with E-state index in [1.165, 1.54) is 24.5 Å². The third kappa shape index (κ3) is 4.78. The van der Waals surface area contributed by atoms with Gasteiger partial charge in [-0.05, 0) is 42.5 Å². The number of nitrogens with one attached hydrogen (secondary N) is 2. The molecule has 0 aliphatic carbocycles. The zero-order valence-corrected chi connectivity index (χ0v) is 15.3. The molecule has 0 aliphatic rings. The predicted octanol–water partition coefficient (Wildman–Crippen LogP) is 4.39. The van der Waals surface area contributed by atoms with Crippen LogP contribution in [0.4, 0.5) is 15.8 Å². The van der Waals surface area contributed by atoms with Gasteiger partial charge in [0.15, 0.2) is 0 Å². The predicted molar refractivity (Wildman–Crippen MR) is 105 cm³/mol. The van der Waals surface area contributed by atoms with Crippen LogP contribution < -0.4 is 10.6 Å². The van der Waals surface area contributed by atoms with Crippen molar-refractivity contribution >= 4 is 34.5 Å². The molecule has 3 rings (SSSR count). The Morgan fingerprint density at radius 1 is 0.963 bits per heavy atom. The van der Waals surface area contributed by atoms with E-state index in [9.17, 15) is 14.0 Å². The first-order valence-electron chi connectivity index (χ1n) is 8.12. The number of ether oxygens (including phenoxy) is 1. The van der Waals surface area contributed by atoms with Crippen LogP contribution in [0.1, 0.15) is 9.67 Å². The van der Waals surface area contributed by atoms with Gasteiger partial charge in [-0.25, -0.2) is 4.39 Å². The third-order valence-electron chi connectivity index (χ3n) is 3.67. The molecule has 27 heavy (non-hydrogen) atoms. The fraction of sp³-hybridized carbons (Fsp3) is 0.100. The summed E-state index contributed by atoms with van der Waals surface area (Å²) in [6.07, 6.45) is 0. The summed E-state index contributed by atoms with van der Waals surface area (Å²) in [7, 11) is 1.44. The van der Waals surface area contributed by atoms with Crippen LogP contribution in [0.3, 0.4) is 0 Å². The number of amides is 2. The number of thiophene rings is 1. The van der Waals surface area contributed by atoms with Crippen LogP contribution in [0.15, 0.2) is 60.7 Å². The number of anilines is 2. The quantitative estimate of drug-likeness (QED) is 0.662. The van der Waals surface area contributed by atoms with E-state index in [1.807, 2.05) is 0 Å². The number of hydrogen-bond donors (Lipinski definition) is 2. The van der Waals surface area contributed by atoms with Crippen molar-refractivity contribution in [1.82, 2.24) is 0 Å². The molecule has 0 radical (unpaired) electrons. The number of carbonyl (C=O) groups excluding carboxylic acids is 2. The maximum Gasteiger partial charge on any atom is 0.265 e. The molecule has 0 spiro atoms. The van der Waals surface area contributed by atoms with Crippen molar-refractivity contribution in [3.63, 3.8) is 0 Å². The molecule has 138 valence electrons. The molecule has 0 bridgehead atoms. The molecule has 0 aliphatic heterocycles. The Labute approximate surface area is 159 Å². The van der Waals surface area contributed by atoms with E-state index in [1.54, 1.807) is 54.6 Å². The number of methoxy groups -OCH3 is 1.